The molecule has 0 unspecified atom stereocenters. The maximum Gasteiger partial charge on any atom is 0.245 e. The first kappa shape index (κ1) is 75.1. The quantitative estimate of drug-likeness (QED) is 0.0326. The molecule has 1 aromatic heterocycles. The number of fused-ring (bicyclic) bond motifs is 1. The number of nitrogens with one attached hydrogen (secondary N) is 11. The molecule has 34 heteroatoms. The average Bonchev–Trinajstić information content (AvgIpc) is 4.26. The summed E-state index contributed by atoms with van der Waals surface area (Å²) >= 11 is 1.40. The molecule has 3 heterocycles. The topological polar surface area (TPSA) is 495 Å². The van der Waals surface area contributed by atoms with Crippen molar-refractivity contribution in [3.8, 4) is 0 Å². The molecule has 492 valence electrons. The molecular formula is C54H89N17O14S3. The second kappa shape index (κ2) is 38.9. The first-order valence-corrected chi connectivity index (χ1v) is 33.2. The molecule has 2 saturated heterocycles. The number of rotatable bonds is 25. The van der Waals surface area contributed by atoms with E-state index >= 15 is 0 Å². The van der Waals surface area contributed by atoms with Gasteiger partial charge in [0.25, 0.3) is 0 Å². The Bertz CT molecular complexity index is 2590. The van der Waals surface area contributed by atoms with E-state index in [-0.39, 0.29) is 50.3 Å². The standard InChI is InChI=1S/C54H89N17O14S3/c1-7-28(3)43(45(58)76)69-50(81)37-25-87-88-26-38(68-48(79)34(18-21-86-6)62-30(5)72)51(82)70-44(29(4)8-2)53(84)65-35(12-9-10-19-55)54(85)71-20-11-13-39(71)52(83)66-36(22-31-23-59-27-61-31)49(80)64-32(14-16-40(56)73)46(77)60-24-42(75)63-33(47(78)67-37)15-17-41(57)74/h23,27-29,32-39,43-44H,7-22,24-26,55H2,1-6H3,(H2,56,73)(H2,57,74)(H2,58,76)(H,59,61)(H,60,77)(H,62,72)(H,63,75)(H,64,80)(H,65,84)(H,66,83)(H,67,78)(H,68,79)(H,69,81)(H,70,82)/t28-,29-,32-,33-,34-,35-,36-,37-,38-,39-,43-,44-/m0/s1. The van der Waals surface area contributed by atoms with Gasteiger partial charge in [-0.25, -0.2) is 4.98 Å². The number of aromatic nitrogens is 2. The van der Waals surface area contributed by atoms with Crippen molar-refractivity contribution in [2.45, 2.75) is 179 Å². The summed E-state index contributed by atoms with van der Waals surface area (Å²) in [6.07, 6.45) is 4.71. The van der Waals surface area contributed by atoms with Crippen LogP contribution in [0.25, 0.3) is 0 Å². The minimum Gasteiger partial charge on any atom is -0.370 e. The zero-order valence-electron chi connectivity index (χ0n) is 50.7. The number of aromatic amines is 1. The lowest BCUT2D eigenvalue weighted by molar-refractivity contribution is -0.143. The predicted octanol–water partition coefficient (Wildman–Crippen LogP) is -4.17. The van der Waals surface area contributed by atoms with E-state index in [1.165, 1.54) is 36.1 Å². The number of nitrogens with zero attached hydrogens (tertiary/aromatic N) is 2. The van der Waals surface area contributed by atoms with Gasteiger partial charge in [0.2, 0.25) is 82.7 Å². The van der Waals surface area contributed by atoms with Crippen LogP contribution in [0.5, 0.6) is 0 Å². The van der Waals surface area contributed by atoms with Crippen LogP contribution in [0.3, 0.4) is 0 Å². The van der Waals surface area contributed by atoms with Gasteiger partial charge in [0.15, 0.2) is 0 Å². The molecule has 0 saturated carbocycles. The summed E-state index contributed by atoms with van der Waals surface area (Å²) in [5.74, 6) is -13.2. The van der Waals surface area contributed by atoms with Crippen LogP contribution < -0.4 is 76.1 Å². The van der Waals surface area contributed by atoms with Crippen LogP contribution in [0.4, 0.5) is 0 Å². The van der Waals surface area contributed by atoms with Crippen LogP contribution in [-0.2, 0) is 73.5 Å². The largest absolute Gasteiger partial charge is 0.370 e. The molecule has 0 spiro atoms. The van der Waals surface area contributed by atoms with E-state index in [1.807, 2.05) is 0 Å². The third-order valence-electron chi connectivity index (χ3n) is 14.8. The number of hydrogen-bond donors (Lipinski definition) is 15. The second-order valence-corrected chi connectivity index (χ2v) is 25.2. The van der Waals surface area contributed by atoms with Crippen molar-refractivity contribution in [3.63, 3.8) is 0 Å². The van der Waals surface area contributed by atoms with Crippen LogP contribution in [0.2, 0.25) is 0 Å². The van der Waals surface area contributed by atoms with Gasteiger partial charge in [-0.15, -0.1) is 0 Å². The molecule has 0 radical (unpaired) electrons. The van der Waals surface area contributed by atoms with Gasteiger partial charge in [0, 0.05) is 56.1 Å². The van der Waals surface area contributed by atoms with E-state index in [4.69, 9.17) is 22.9 Å². The number of carbonyl (C=O) groups is 14. The lowest BCUT2D eigenvalue weighted by Gasteiger charge is -2.32. The number of primary amides is 3. The van der Waals surface area contributed by atoms with Gasteiger partial charge >= 0.3 is 0 Å². The lowest BCUT2D eigenvalue weighted by atomic mass is 9.97. The summed E-state index contributed by atoms with van der Waals surface area (Å²) in [7, 11) is 1.86. The second-order valence-electron chi connectivity index (χ2n) is 21.7. The number of amides is 14. The summed E-state index contributed by atoms with van der Waals surface area (Å²) in [6.45, 7) is 7.52. The van der Waals surface area contributed by atoms with Gasteiger partial charge in [-0.3, -0.25) is 67.1 Å². The number of thioether (sulfide) groups is 1. The van der Waals surface area contributed by atoms with E-state index in [0.717, 1.165) is 21.6 Å². The van der Waals surface area contributed by atoms with Gasteiger partial charge < -0.3 is 86.0 Å². The van der Waals surface area contributed by atoms with Crippen molar-refractivity contribution in [1.82, 2.24) is 68.0 Å². The molecule has 12 atom stereocenters. The molecule has 2 aliphatic heterocycles. The maximum absolute atomic E-state index is 14.8. The first-order valence-electron chi connectivity index (χ1n) is 29.3. The van der Waals surface area contributed by atoms with Crippen LogP contribution in [0.15, 0.2) is 12.5 Å². The van der Waals surface area contributed by atoms with Gasteiger partial charge in [0.05, 0.1) is 12.9 Å². The van der Waals surface area contributed by atoms with Crippen LogP contribution in [-0.4, -0.2) is 201 Å². The number of imidazole rings is 1. The van der Waals surface area contributed by atoms with Crippen molar-refractivity contribution in [3.05, 3.63) is 18.2 Å². The van der Waals surface area contributed by atoms with Crippen molar-refractivity contribution >= 4 is 116 Å². The zero-order valence-corrected chi connectivity index (χ0v) is 53.1. The normalized spacial score (nSPS) is 24.0. The Hall–Kier alpha value is -7.20. The fourth-order valence-electron chi connectivity index (χ4n) is 9.36. The SMILES string of the molecule is CC[C@H](C)[C@H](NC(=O)[C@@H]1CSSC[C@H](NC(=O)[C@H](CCSC)NC(C)=O)C(=O)N[C@@H]([C@@H](C)CC)C(=O)N[C@@H](CCCCN)C(=O)N2CCC[C@H]2C(=O)N[C@@H](Cc2cnc[nH]2)C(=O)N[C@@H](CCC(N)=O)C(=O)NCC(=O)N[C@@H](CCC(N)=O)C(=O)N1)C(N)=O. The average molecular weight is 1300 g/mol. The highest BCUT2D eigenvalue weighted by Crippen LogP contribution is 2.25. The van der Waals surface area contributed by atoms with Crippen LogP contribution >= 0.6 is 33.3 Å². The third-order valence-corrected chi connectivity index (χ3v) is 17.9. The Morgan fingerprint density at radius 2 is 1.39 bits per heavy atom. The fraction of sp³-hybridized carbons (Fsp3) is 0.685. The van der Waals surface area contributed by atoms with Gasteiger partial charge in [-0.1, -0.05) is 62.1 Å². The van der Waals surface area contributed by atoms with Gasteiger partial charge in [0.1, 0.15) is 60.4 Å². The highest BCUT2D eigenvalue weighted by atomic mass is 33.1. The Balaban J connectivity index is 2.25. The molecule has 19 N–H and O–H groups in total. The molecule has 0 bridgehead atoms. The van der Waals surface area contributed by atoms with Gasteiger partial charge in [-0.2, -0.15) is 11.8 Å². The maximum atomic E-state index is 14.8. The summed E-state index contributed by atoms with van der Waals surface area (Å²) in [4.78, 5) is 200. The van der Waals surface area contributed by atoms with Crippen LogP contribution in [0, 0.1) is 11.8 Å². The molecule has 3 rings (SSSR count). The summed E-state index contributed by atoms with van der Waals surface area (Å²) < 4.78 is 0. The molecule has 14 amide bonds. The van der Waals surface area contributed by atoms with E-state index in [0.29, 0.717) is 43.6 Å². The molecule has 31 nitrogen and oxygen atoms in total. The molecule has 2 fully saturated rings. The summed E-state index contributed by atoms with van der Waals surface area (Å²) in [5.41, 5.74) is 22.8. The molecule has 0 aliphatic carbocycles. The Morgan fingerprint density at radius 3 is 1.98 bits per heavy atom. The number of hydrogen-bond acceptors (Lipinski definition) is 19. The summed E-state index contributed by atoms with van der Waals surface area (Å²) in [6, 6.07) is -13.8. The highest BCUT2D eigenvalue weighted by molar-refractivity contribution is 8.76. The molecule has 88 heavy (non-hydrogen) atoms. The minimum atomic E-state index is -1.62. The van der Waals surface area contributed by atoms with Crippen LogP contribution in [0.1, 0.15) is 117 Å². The molecule has 0 aromatic carbocycles. The fourth-order valence-corrected chi connectivity index (χ4v) is 12.2. The zero-order chi connectivity index (χ0) is 65.6. The van der Waals surface area contributed by atoms with Crippen molar-refractivity contribution in [2.24, 2.45) is 34.8 Å². The van der Waals surface area contributed by atoms with Gasteiger partial charge in [-0.05, 0) is 81.8 Å². The molecule has 2 aliphatic rings. The van der Waals surface area contributed by atoms with Crippen molar-refractivity contribution in [2.75, 3.05) is 43.1 Å². The molecular weight excluding hydrogens is 1210 g/mol. The van der Waals surface area contributed by atoms with Crippen molar-refractivity contribution < 1.29 is 67.1 Å². The number of carbonyl (C=O) groups excluding carboxylic acids is 14. The predicted molar refractivity (Wildman–Crippen MR) is 329 cm³/mol. The monoisotopic (exact) mass is 1300 g/mol. The Kier molecular flexibility index (Phi) is 33.2. The molecule has 1 aromatic rings. The smallest absolute Gasteiger partial charge is 0.245 e. The Labute approximate surface area is 523 Å². The van der Waals surface area contributed by atoms with E-state index in [1.54, 1.807) is 34.0 Å². The van der Waals surface area contributed by atoms with E-state index < -0.39 is 187 Å². The number of nitrogens with two attached hydrogens (primary N) is 4. The third kappa shape index (κ3) is 25.5. The van der Waals surface area contributed by atoms with Crippen molar-refractivity contribution in [1.29, 1.82) is 0 Å². The Morgan fingerprint density at radius 1 is 0.750 bits per heavy atom. The summed E-state index contributed by atoms with van der Waals surface area (Å²) in [5, 5.41) is 26.0. The number of H-pyrrole nitrogens is 1. The highest BCUT2D eigenvalue weighted by Gasteiger charge is 2.41. The minimum absolute atomic E-state index is 0.0521. The number of unbranched alkanes of at least 4 members (excludes halogenated alkanes) is 1. The van der Waals surface area contributed by atoms with E-state index in [2.05, 4.69) is 63.1 Å². The first-order chi connectivity index (χ1) is 41.7. The lowest BCUT2D eigenvalue weighted by Crippen LogP contribution is -2.61. The van der Waals surface area contributed by atoms with E-state index in [9.17, 15) is 67.1 Å².